The topological polar surface area (TPSA) is 72.5 Å². The van der Waals surface area contributed by atoms with Gasteiger partial charge in [-0.25, -0.2) is 0 Å². The minimum absolute atomic E-state index is 0.0398. The van der Waals surface area contributed by atoms with Gasteiger partial charge in [-0.3, -0.25) is 14.6 Å². The Hall–Kier alpha value is -2.20. The number of primary amides is 1. The van der Waals surface area contributed by atoms with Crippen LogP contribution in [0.3, 0.4) is 0 Å². The molecule has 2 N–H and O–H groups in total. The largest absolute Gasteiger partial charge is 0.368 e. The summed E-state index contributed by atoms with van der Waals surface area (Å²) in [5.74, 6) is 0.417. The second-order valence-electron chi connectivity index (χ2n) is 9.50. The third-order valence-corrected chi connectivity index (χ3v) is 8.04. The normalized spacial score (nSPS) is 24.6. The van der Waals surface area contributed by atoms with E-state index in [9.17, 15) is 9.59 Å². The van der Waals surface area contributed by atoms with Crippen LogP contribution in [0.1, 0.15) is 68.4 Å². The summed E-state index contributed by atoms with van der Waals surface area (Å²) in [6.07, 6.45) is 10.7. The zero-order valence-corrected chi connectivity index (χ0v) is 21.3. The van der Waals surface area contributed by atoms with Crippen LogP contribution < -0.4 is 5.73 Å². The molecule has 2 rings (SSSR count). The predicted molar refractivity (Wildman–Crippen MR) is 135 cm³/mol. The van der Waals surface area contributed by atoms with E-state index < -0.39 is 5.91 Å². The van der Waals surface area contributed by atoms with E-state index in [-0.39, 0.29) is 17.9 Å². The molecule has 0 radical (unpaired) electrons. The number of aliphatic imine (C=N–C) groups is 1. The van der Waals surface area contributed by atoms with Crippen molar-refractivity contribution >= 4 is 29.5 Å². The number of benzene rings is 1. The summed E-state index contributed by atoms with van der Waals surface area (Å²) in [5, 5.41) is 0.726. The van der Waals surface area contributed by atoms with Gasteiger partial charge in [0.2, 0.25) is 5.91 Å². The van der Waals surface area contributed by atoms with Crippen LogP contribution in [-0.4, -0.2) is 24.4 Å². The first-order chi connectivity index (χ1) is 14.9. The van der Waals surface area contributed by atoms with Crippen molar-refractivity contribution in [1.82, 2.24) is 0 Å². The van der Waals surface area contributed by atoms with Gasteiger partial charge in [0.25, 0.3) is 0 Å². The van der Waals surface area contributed by atoms with Crippen molar-refractivity contribution in [2.45, 2.75) is 67.7 Å². The third kappa shape index (κ3) is 5.58. The third-order valence-electron chi connectivity index (χ3n) is 7.47. The summed E-state index contributed by atoms with van der Waals surface area (Å²) in [6.45, 7) is 14.6. The molecule has 32 heavy (non-hydrogen) atoms. The Kier molecular flexibility index (Phi) is 8.64. The van der Waals surface area contributed by atoms with E-state index in [0.717, 1.165) is 51.3 Å². The van der Waals surface area contributed by atoms with Crippen LogP contribution in [-0.2, 0) is 16.0 Å². The minimum atomic E-state index is -0.461. The molecule has 174 valence electrons. The van der Waals surface area contributed by atoms with E-state index >= 15 is 0 Å². The highest BCUT2D eigenvalue weighted by Crippen LogP contribution is 2.44. The van der Waals surface area contributed by atoms with Crippen molar-refractivity contribution in [2.75, 3.05) is 6.54 Å². The lowest BCUT2D eigenvalue weighted by atomic mass is 9.61. The van der Waals surface area contributed by atoms with Crippen LogP contribution in [0.5, 0.6) is 0 Å². The van der Waals surface area contributed by atoms with Crippen LogP contribution in [0.4, 0.5) is 0 Å². The lowest BCUT2D eigenvalue weighted by Gasteiger charge is -2.42. The smallest absolute Gasteiger partial charge is 0.239 e. The first kappa shape index (κ1) is 26.1. The maximum Gasteiger partial charge on any atom is 0.239 e. The van der Waals surface area contributed by atoms with Crippen LogP contribution >= 0.6 is 11.6 Å². The Morgan fingerprint density at radius 2 is 1.88 bits per heavy atom. The molecule has 0 spiro atoms. The summed E-state index contributed by atoms with van der Waals surface area (Å²) in [6, 6.07) is 0. The Morgan fingerprint density at radius 3 is 2.50 bits per heavy atom. The number of amides is 1. The molecule has 0 heterocycles. The molecule has 1 aromatic carbocycles. The fraction of sp³-hybridized carbons (Fsp3) is 0.519. The SMILES string of the molecule is CC(/C=C/[C@@]1(C)[C@H](C)CCC(=O)[C@@H]1C)=C\Cc1c(C)c(Cl)c(C)c(C=NCC(N)=O)c1C. The molecule has 5 heteroatoms. The Bertz CT molecular complexity index is 990. The molecule has 1 saturated carbocycles. The Labute approximate surface area is 198 Å². The standard InChI is InChI=1S/C27H37ClN2O2/c1-16(12-13-27(7)17(2)9-11-24(31)21(27)6)8-10-22-18(3)23(14-30-15-25(29)32)20(5)26(28)19(22)4/h8,12-14,17,21H,9-11,15H2,1-7H3,(H2,29,32)/b13-12+,16-8+,30-14?/t17-,21+,27+/m1/s1. The molecule has 1 aliphatic rings. The van der Waals surface area contributed by atoms with Crippen LogP contribution in [0, 0.1) is 38.0 Å². The highest BCUT2D eigenvalue weighted by Gasteiger charge is 2.41. The molecule has 0 aromatic heterocycles. The minimum Gasteiger partial charge on any atom is -0.368 e. The van der Waals surface area contributed by atoms with Crippen molar-refractivity contribution in [3.63, 3.8) is 0 Å². The van der Waals surface area contributed by atoms with E-state index in [1.165, 1.54) is 0 Å². The molecule has 0 bridgehead atoms. The number of carbonyl (C=O) groups excluding carboxylic acids is 2. The number of allylic oxidation sites excluding steroid dienone is 4. The lowest BCUT2D eigenvalue weighted by molar-refractivity contribution is -0.129. The first-order valence-corrected chi connectivity index (χ1v) is 11.7. The number of hydrogen-bond acceptors (Lipinski definition) is 3. The number of rotatable bonds is 7. The van der Waals surface area contributed by atoms with Crippen molar-refractivity contribution in [3.05, 3.63) is 56.6 Å². The predicted octanol–water partition coefficient (Wildman–Crippen LogP) is 5.86. The lowest BCUT2D eigenvalue weighted by Crippen LogP contribution is -2.40. The van der Waals surface area contributed by atoms with Gasteiger partial charge in [-0.1, -0.05) is 56.2 Å². The van der Waals surface area contributed by atoms with Crippen LogP contribution in [0.25, 0.3) is 0 Å². The van der Waals surface area contributed by atoms with Gasteiger partial charge in [-0.05, 0) is 79.7 Å². The molecular formula is C27H37ClN2O2. The van der Waals surface area contributed by atoms with Gasteiger partial charge in [0, 0.05) is 23.6 Å². The van der Waals surface area contributed by atoms with E-state index in [1.54, 1.807) is 6.21 Å². The fourth-order valence-corrected chi connectivity index (χ4v) is 4.81. The molecule has 0 unspecified atom stereocenters. The molecular weight excluding hydrogens is 420 g/mol. The summed E-state index contributed by atoms with van der Waals surface area (Å²) in [7, 11) is 0. The van der Waals surface area contributed by atoms with E-state index in [1.807, 2.05) is 13.8 Å². The second-order valence-corrected chi connectivity index (χ2v) is 9.87. The zero-order chi connectivity index (χ0) is 24.2. The molecule has 0 saturated heterocycles. The molecule has 0 aliphatic heterocycles. The molecule has 1 fully saturated rings. The number of halogens is 1. The highest BCUT2D eigenvalue weighted by atomic mass is 35.5. The van der Waals surface area contributed by atoms with Crippen molar-refractivity contribution < 1.29 is 9.59 Å². The van der Waals surface area contributed by atoms with E-state index in [0.29, 0.717) is 18.1 Å². The maximum absolute atomic E-state index is 12.3. The van der Waals surface area contributed by atoms with Crippen molar-refractivity contribution in [2.24, 2.45) is 28.0 Å². The van der Waals surface area contributed by atoms with Crippen LogP contribution in [0.2, 0.25) is 5.02 Å². The summed E-state index contributed by atoms with van der Waals surface area (Å²) in [5.41, 5.74) is 11.5. The van der Waals surface area contributed by atoms with Gasteiger partial charge in [-0.15, -0.1) is 0 Å². The average molecular weight is 457 g/mol. The first-order valence-electron chi connectivity index (χ1n) is 11.3. The quantitative estimate of drug-likeness (QED) is 0.412. The monoisotopic (exact) mass is 456 g/mol. The number of Topliss-reactive ketones (excluding diaryl/α,β-unsaturated/α-hetero) is 1. The number of nitrogens with two attached hydrogens (primary N) is 1. The van der Waals surface area contributed by atoms with Gasteiger partial charge in [0.15, 0.2) is 0 Å². The Balaban J connectivity index is 2.31. The summed E-state index contributed by atoms with van der Waals surface area (Å²) < 4.78 is 0. The molecule has 1 amide bonds. The Morgan fingerprint density at radius 1 is 1.22 bits per heavy atom. The zero-order valence-electron chi connectivity index (χ0n) is 20.5. The number of ketones is 1. The van der Waals surface area contributed by atoms with Gasteiger partial charge in [0.05, 0.1) is 0 Å². The molecule has 4 nitrogen and oxygen atoms in total. The molecule has 1 aromatic rings. The summed E-state index contributed by atoms with van der Waals surface area (Å²) in [4.78, 5) is 27.5. The van der Waals surface area contributed by atoms with Gasteiger partial charge < -0.3 is 5.73 Å². The maximum atomic E-state index is 12.3. The molecule has 1 aliphatic carbocycles. The number of hydrogen-bond donors (Lipinski definition) is 1. The average Bonchev–Trinajstić information content (AvgIpc) is 2.74. The van der Waals surface area contributed by atoms with Gasteiger partial charge >= 0.3 is 0 Å². The highest BCUT2D eigenvalue weighted by molar-refractivity contribution is 6.32. The van der Waals surface area contributed by atoms with Gasteiger partial charge in [-0.2, -0.15) is 0 Å². The van der Waals surface area contributed by atoms with E-state index in [2.05, 4.69) is 57.8 Å². The van der Waals surface area contributed by atoms with Gasteiger partial charge in [0.1, 0.15) is 12.3 Å². The molecule has 3 atom stereocenters. The number of carbonyl (C=O) groups is 2. The summed E-state index contributed by atoms with van der Waals surface area (Å²) >= 11 is 6.62. The fourth-order valence-electron chi connectivity index (χ4n) is 4.59. The second kappa shape index (κ2) is 10.6. The van der Waals surface area contributed by atoms with Crippen molar-refractivity contribution in [3.8, 4) is 0 Å². The van der Waals surface area contributed by atoms with Crippen LogP contribution in [0.15, 0.2) is 28.8 Å². The van der Waals surface area contributed by atoms with E-state index in [4.69, 9.17) is 17.3 Å². The number of nitrogens with zero attached hydrogens (tertiary/aromatic N) is 1. The van der Waals surface area contributed by atoms with Crippen molar-refractivity contribution in [1.29, 1.82) is 0 Å².